The molecule has 3 rings (SSSR count). The van der Waals surface area contributed by atoms with Crippen molar-refractivity contribution in [3.63, 3.8) is 0 Å². The van der Waals surface area contributed by atoms with Crippen LogP contribution in [0.1, 0.15) is 30.7 Å². The number of hydrogen-bond acceptors (Lipinski definition) is 8. The van der Waals surface area contributed by atoms with Gasteiger partial charge in [-0.25, -0.2) is 10.2 Å². The van der Waals surface area contributed by atoms with Gasteiger partial charge in [0.25, 0.3) is 5.69 Å². The number of carbonyl (C=O) groups is 2. The number of alkyl carbamates (subject to hydrolysis) is 1. The van der Waals surface area contributed by atoms with E-state index in [1.54, 1.807) is 49.4 Å². The molecule has 1 heterocycles. The monoisotopic (exact) mass is 480 g/mol. The van der Waals surface area contributed by atoms with Gasteiger partial charge >= 0.3 is 6.09 Å². The number of nitro groups is 1. The molecular weight excluding hydrogens is 456 g/mol. The van der Waals surface area contributed by atoms with Gasteiger partial charge in [0.15, 0.2) is 0 Å². The molecule has 11 heteroatoms. The Morgan fingerprint density at radius 3 is 2.63 bits per heavy atom. The number of furan rings is 1. The Hall–Kier alpha value is -4.67. The summed E-state index contributed by atoms with van der Waals surface area (Å²) in [6.45, 7) is 1.89. The van der Waals surface area contributed by atoms with Gasteiger partial charge in [0, 0.05) is 0 Å². The summed E-state index contributed by atoms with van der Waals surface area (Å²) in [6, 6.07) is 15.9. The fraction of sp³-hybridized carbons (Fsp3) is 0.208. The number of nitro benzene ring substituents is 1. The Balaban J connectivity index is 1.66. The van der Waals surface area contributed by atoms with Crippen LogP contribution in [0.25, 0.3) is 11.3 Å². The van der Waals surface area contributed by atoms with Crippen molar-refractivity contribution in [1.82, 2.24) is 10.7 Å². The molecular formula is C24H24N4O7. The normalized spacial score (nSPS) is 11.6. The smallest absolute Gasteiger partial charge is 0.407 e. The van der Waals surface area contributed by atoms with Crippen LogP contribution >= 0.6 is 0 Å². The first-order valence-electron chi connectivity index (χ1n) is 10.6. The predicted molar refractivity (Wildman–Crippen MR) is 127 cm³/mol. The number of carbonyl (C=O) groups excluding carboxylic acids is 2. The fourth-order valence-corrected chi connectivity index (χ4v) is 3.22. The fourth-order valence-electron chi connectivity index (χ4n) is 3.22. The van der Waals surface area contributed by atoms with Crippen molar-refractivity contribution >= 4 is 23.9 Å². The van der Waals surface area contributed by atoms with E-state index >= 15 is 0 Å². The Morgan fingerprint density at radius 2 is 1.94 bits per heavy atom. The van der Waals surface area contributed by atoms with E-state index in [1.165, 1.54) is 25.5 Å². The van der Waals surface area contributed by atoms with Crippen LogP contribution in [0, 0.1) is 10.1 Å². The van der Waals surface area contributed by atoms with E-state index < -0.39 is 23.0 Å². The van der Waals surface area contributed by atoms with Gasteiger partial charge in [-0.1, -0.05) is 30.3 Å². The minimum Gasteiger partial charge on any atom is -0.497 e. The molecule has 0 aliphatic carbocycles. The highest BCUT2D eigenvalue weighted by Gasteiger charge is 2.20. The van der Waals surface area contributed by atoms with Crippen molar-refractivity contribution in [2.24, 2.45) is 5.10 Å². The van der Waals surface area contributed by atoms with Gasteiger partial charge in [-0.05, 0) is 36.8 Å². The van der Waals surface area contributed by atoms with Crippen LogP contribution in [0.2, 0.25) is 0 Å². The Kier molecular flexibility index (Phi) is 8.54. The summed E-state index contributed by atoms with van der Waals surface area (Å²) >= 11 is 0. The number of amides is 2. The molecule has 11 nitrogen and oxygen atoms in total. The molecule has 182 valence electrons. The number of nitrogens with zero attached hydrogens (tertiary/aromatic N) is 2. The summed E-state index contributed by atoms with van der Waals surface area (Å²) < 4.78 is 15.6. The van der Waals surface area contributed by atoms with Gasteiger partial charge in [-0.15, -0.1) is 0 Å². The molecule has 1 atom stereocenters. The van der Waals surface area contributed by atoms with Crippen molar-refractivity contribution in [3.05, 3.63) is 82.1 Å². The summed E-state index contributed by atoms with van der Waals surface area (Å²) in [6.07, 6.45) is 0.558. The Bertz CT molecular complexity index is 1210. The third-order valence-corrected chi connectivity index (χ3v) is 4.83. The number of nitrogens with one attached hydrogen (secondary N) is 2. The summed E-state index contributed by atoms with van der Waals surface area (Å²) in [5.74, 6) is 0.428. The molecule has 0 saturated carbocycles. The molecule has 2 aromatic carbocycles. The topological polar surface area (TPSA) is 145 Å². The van der Waals surface area contributed by atoms with Gasteiger partial charge in [-0.2, -0.15) is 5.10 Å². The highest BCUT2D eigenvalue weighted by Crippen LogP contribution is 2.33. The molecule has 0 aliphatic heterocycles. The van der Waals surface area contributed by atoms with Crippen LogP contribution in [0.5, 0.6) is 5.75 Å². The molecule has 0 unspecified atom stereocenters. The third kappa shape index (κ3) is 6.90. The number of rotatable bonds is 10. The first kappa shape index (κ1) is 25.0. The third-order valence-electron chi connectivity index (χ3n) is 4.83. The molecule has 0 aliphatic rings. The van der Waals surface area contributed by atoms with Gasteiger partial charge in [-0.3, -0.25) is 14.9 Å². The lowest BCUT2D eigenvalue weighted by atomic mass is 10.0. The maximum Gasteiger partial charge on any atom is 0.407 e. The van der Waals surface area contributed by atoms with Crippen LogP contribution in [0.4, 0.5) is 10.5 Å². The molecule has 0 bridgehead atoms. The average molecular weight is 480 g/mol. The van der Waals surface area contributed by atoms with Crippen molar-refractivity contribution in [2.45, 2.75) is 19.4 Å². The highest BCUT2D eigenvalue weighted by atomic mass is 16.6. The highest BCUT2D eigenvalue weighted by molar-refractivity contribution is 5.82. The minimum absolute atomic E-state index is 0.0817. The van der Waals surface area contributed by atoms with E-state index in [2.05, 4.69) is 15.8 Å². The van der Waals surface area contributed by atoms with Crippen molar-refractivity contribution in [2.75, 3.05) is 13.7 Å². The largest absolute Gasteiger partial charge is 0.497 e. The molecule has 0 saturated heterocycles. The zero-order chi connectivity index (χ0) is 25.2. The second kappa shape index (κ2) is 12.0. The van der Waals surface area contributed by atoms with Crippen molar-refractivity contribution < 1.29 is 28.4 Å². The van der Waals surface area contributed by atoms with Crippen LogP contribution in [0.15, 0.2) is 70.2 Å². The maximum atomic E-state index is 12.4. The summed E-state index contributed by atoms with van der Waals surface area (Å²) in [7, 11) is 1.42. The molecule has 1 aromatic heterocycles. The average Bonchev–Trinajstić information content (AvgIpc) is 3.32. The number of methoxy groups -OCH3 is 1. The van der Waals surface area contributed by atoms with E-state index in [4.69, 9.17) is 13.9 Å². The van der Waals surface area contributed by atoms with E-state index in [0.717, 1.165) is 5.56 Å². The minimum atomic E-state index is -0.631. The Labute approximate surface area is 200 Å². The van der Waals surface area contributed by atoms with Gasteiger partial charge in [0.05, 0.1) is 48.9 Å². The van der Waals surface area contributed by atoms with Crippen molar-refractivity contribution in [3.8, 4) is 17.1 Å². The SMILES string of the molecule is CCOC(=O)N[C@H](CC(=O)N/N=C\c1ccc(-c2ccc(OC)cc2[N+](=O)[O-])o1)c1ccccc1. The molecule has 2 N–H and O–H groups in total. The molecule has 2 amide bonds. The Morgan fingerprint density at radius 1 is 1.17 bits per heavy atom. The second-order valence-electron chi connectivity index (χ2n) is 7.17. The van der Waals surface area contributed by atoms with E-state index in [0.29, 0.717) is 5.75 Å². The second-order valence-corrected chi connectivity index (χ2v) is 7.17. The van der Waals surface area contributed by atoms with E-state index in [9.17, 15) is 19.7 Å². The van der Waals surface area contributed by atoms with Gasteiger partial charge in [0.1, 0.15) is 17.3 Å². The number of ether oxygens (including phenoxy) is 2. The quantitative estimate of drug-likeness (QED) is 0.251. The van der Waals surface area contributed by atoms with Gasteiger partial charge < -0.3 is 19.2 Å². The number of hydrogen-bond donors (Lipinski definition) is 2. The molecule has 0 radical (unpaired) electrons. The van der Waals surface area contributed by atoms with Crippen molar-refractivity contribution in [1.29, 1.82) is 0 Å². The molecule has 3 aromatic rings. The summed E-state index contributed by atoms with van der Waals surface area (Å²) in [5, 5.41) is 18.0. The first-order valence-corrected chi connectivity index (χ1v) is 10.6. The van der Waals surface area contributed by atoms with Crippen LogP contribution < -0.4 is 15.5 Å². The van der Waals surface area contributed by atoms with Crippen LogP contribution in [-0.4, -0.2) is 36.9 Å². The standard InChI is InChI=1S/C24H24N4O7/c1-3-34-24(30)26-20(16-7-5-4-6-8-16)14-23(29)27-25-15-18-10-12-22(35-18)19-11-9-17(33-2)13-21(19)28(31)32/h4-13,15,20H,3,14H2,1-2H3,(H,26,30)(H,27,29)/b25-15-/t20-/m1/s1. The van der Waals surface area contributed by atoms with Crippen LogP contribution in [-0.2, 0) is 9.53 Å². The lowest BCUT2D eigenvalue weighted by molar-refractivity contribution is -0.384. The van der Waals surface area contributed by atoms with Gasteiger partial charge in [0.2, 0.25) is 5.91 Å². The first-order chi connectivity index (χ1) is 16.9. The molecule has 35 heavy (non-hydrogen) atoms. The zero-order valence-corrected chi connectivity index (χ0v) is 19.1. The zero-order valence-electron chi connectivity index (χ0n) is 19.1. The summed E-state index contributed by atoms with van der Waals surface area (Å²) in [5.41, 5.74) is 3.22. The van der Waals surface area contributed by atoms with E-state index in [1.807, 2.05) is 6.07 Å². The van der Waals surface area contributed by atoms with Crippen LogP contribution in [0.3, 0.4) is 0 Å². The maximum absolute atomic E-state index is 12.4. The lowest BCUT2D eigenvalue weighted by Gasteiger charge is -2.17. The molecule has 0 fully saturated rings. The predicted octanol–water partition coefficient (Wildman–Crippen LogP) is 4.19. The molecule has 0 spiro atoms. The van der Waals surface area contributed by atoms with E-state index in [-0.39, 0.29) is 35.8 Å². The lowest BCUT2D eigenvalue weighted by Crippen LogP contribution is -2.33. The number of hydrazone groups is 1. The summed E-state index contributed by atoms with van der Waals surface area (Å²) in [4.78, 5) is 35.2. The number of benzene rings is 2.